The Labute approximate surface area is 104 Å². The van der Waals surface area contributed by atoms with Crippen LogP contribution in [-0.2, 0) is 5.41 Å². The van der Waals surface area contributed by atoms with E-state index in [0.29, 0.717) is 5.92 Å². The number of nitrogens with zero attached hydrogens (tertiary/aromatic N) is 2. The summed E-state index contributed by atoms with van der Waals surface area (Å²) in [5, 5.41) is 0. The average Bonchev–Trinajstić information content (AvgIpc) is 2.54. The van der Waals surface area contributed by atoms with Crippen LogP contribution in [-0.4, -0.2) is 9.38 Å². The summed E-state index contributed by atoms with van der Waals surface area (Å²) in [5.41, 5.74) is 5.05. The molecular weight excluding hydrogens is 208 g/mol. The molecule has 0 unspecified atom stereocenters. The van der Waals surface area contributed by atoms with Crippen LogP contribution in [0.4, 0.5) is 0 Å². The third-order valence-electron chi connectivity index (χ3n) is 3.31. The summed E-state index contributed by atoms with van der Waals surface area (Å²) in [6, 6.07) is 4.41. The van der Waals surface area contributed by atoms with Crippen LogP contribution in [0.3, 0.4) is 0 Å². The van der Waals surface area contributed by atoms with Crippen molar-refractivity contribution in [3.05, 3.63) is 35.3 Å². The topological polar surface area (TPSA) is 17.3 Å². The van der Waals surface area contributed by atoms with Gasteiger partial charge in [-0.25, -0.2) is 4.98 Å². The van der Waals surface area contributed by atoms with E-state index in [2.05, 4.69) is 64.3 Å². The fourth-order valence-corrected chi connectivity index (χ4v) is 2.20. The van der Waals surface area contributed by atoms with E-state index in [-0.39, 0.29) is 5.41 Å². The lowest BCUT2D eigenvalue weighted by molar-refractivity contribution is 0.589. The van der Waals surface area contributed by atoms with Gasteiger partial charge in [-0.3, -0.25) is 0 Å². The molecule has 17 heavy (non-hydrogen) atoms. The second-order valence-electron chi connectivity index (χ2n) is 6.13. The Morgan fingerprint density at radius 1 is 1.24 bits per heavy atom. The van der Waals surface area contributed by atoms with Crippen LogP contribution < -0.4 is 0 Å². The minimum absolute atomic E-state index is 0.180. The lowest BCUT2D eigenvalue weighted by Gasteiger charge is -2.18. The Kier molecular flexibility index (Phi) is 2.76. The normalized spacial score (nSPS) is 12.6. The smallest absolute Gasteiger partial charge is 0.137 e. The molecule has 2 heterocycles. The molecule has 0 aromatic carbocycles. The molecular formula is C15H22N2. The first-order valence-corrected chi connectivity index (χ1v) is 6.30. The highest BCUT2D eigenvalue weighted by atomic mass is 15.0. The molecule has 0 amide bonds. The third-order valence-corrected chi connectivity index (χ3v) is 3.31. The largest absolute Gasteiger partial charge is 0.304 e. The molecule has 0 N–H and O–H groups in total. The van der Waals surface area contributed by atoms with Crippen LogP contribution >= 0.6 is 0 Å². The number of imidazole rings is 1. The molecule has 0 fully saturated rings. The molecule has 0 aliphatic carbocycles. The van der Waals surface area contributed by atoms with Crippen molar-refractivity contribution < 1.29 is 0 Å². The monoisotopic (exact) mass is 230 g/mol. The van der Waals surface area contributed by atoms with Crippen molar-refractivity contribution in [1.29, 1.82) is 0 Å². The molecule has 0 bridgehead atoms. The zero-order valence-electron chi connectivity index (χ0n) is 11.7. The summed E-state index contributed by atoms with van der Waals surface area (Å²) < 4.78 is 2.19. The molecule has 2 heteroatoms. The first-order valence-electron chi connectivity index (χ1n) is 6.30. The number of hydrogen-bond acceptors (Lipinski definition) is 1. The fourth-order valence-electron chi connectivity index (χ4n) is 2.20. The Hall–Kier alpha value is -1.31. The Morgan fingerprint density at radius 2 is 1.88 bits per heavy atom. The van der Waals surface area contributed by atoms with Crippen LogP contribution in [0.25, 0.3) is 5.65 Å². The van der Waals surface area contributed by atoms with E-state index in [0.717, 1.165) is 5.65 Å². The molecule has 0 atom stereocenters. The summed E-state index contributed by atoms with van der Waals surface area (Å²) in [6.45, 7) is 13.2. The minimum atomic E-state index is 0.180. The first kappa shape index (κ1) is 12.2. The highest BCUT2D eigenvalue weighted by Gasteiger charge is 2.16. The molecule has 2 rings (SSSR count). The Morgan fingerprint density at radius 3 is 2.41 bits per heavy atom. The van der Waals surface area contributed by atoms with Gasteiger partial charge in [-0.15, -0.1) is 0 Å². The maximum atomic E-state index is 4.75. The van der Waals surface area contributed by atoms with Gasteiger partial charge in [0.05, 0.1) is 5.69 Å². The van der Waals surface area contributed by atoms with Crippen molar-refractivity contribution in [2.75, 3.05) is 0 Å². The predicted molar refractivity (Wildman–Crippen MR) is 72.7 cm³/mol. The molecule has 2 aromatic heterocycles. The van der Waals surface area contributed by atoms with E-state index in [1.165, 1.54) is 17.0 Å². The molecule has 2 aromatic rings. The lowest BCUT2D eigenvalue weighted by atomic mass is 9.88. The summed E-state index contributed by atoms with van der Waals surface area (Å²) >= 11 is 0. The van der Waals surface area contributed by atoms with E-state index < -0.39 is 0 Å². The summed E-state index contributed by atoms with van der Waals surface area (Å²) in [7, 11) is 0. The van der Waals surface area contributed by atoms with Crippen molar-refractivity contribution in [2.45, 2.75) is 52.9 Å². The molecule has 0 aliphatic heterocycles. The van der Waals surface area contributed by atoms with Gasteiger partial charge in [0.15, 0.2) is 0 Å². The van der Waals surface area contributed by atoms with Gasteiger partial charge >= 0.3 is 0 Å². The number of pyridine rings is 1. The van der Waals surface area contributed by atoms with E-state index in [1.807, 2.05) is 0 Å². The molecule has 92 valence electrons. The highest BCUT2D eigenvalue weighted by Crippen LogP contribution is 2.25. The van der Waals surface area contributed by atoms with Gasteiger partial charge in [-0.1, -0.05) is 34.6 Å². The van der Waals surface area contributed by atoms with Gasteiger partial charge in [0, 0.05) is 11.9 Å². The minimum Gasteiger partial charge on any atom is -0.304 e. The lowest BCUT2D eigenvalue weighted by Crippen LogP contribution is -2.11. The van der Waals surface area contributed by atoms with Crippen LogP contribution in [0.5, 0.6) is 0 Å². The molecule has 0 spiro atoms. The molecule has 2 nitrogen and oxygen atoms in total. The third kappa shape index (κ3) is 2.08. The van der Waals surface area contributed by atoms with Gasteiger partial charge in [0.2, 0.25) is 0 Å². The summed E-state index contributed by atoms with van der Waals surface area (Å²) in [4.78, 5) is 4.75. The van der Waals surface area contributed by atoms with Crippen LogP contribution in [0.1, 0.15) is 57.5 Å². The second-order valence-corrected chi connectivity index (χ2v) is 6.13. The van der Waals surface area contributed by atoms with Crippen molar-refractivity contribution >= 4 is 5.65 Å². The van der Waals surface area contributed by atoms with Gasteiger partial charge in [0.25, 0.3) is 0 Å². The summed E-state index contributed by atoms with van der Waals surface area (Å²) in [5.74, 6) is 0.480. The zero-order valence-corrected chi connectivity index (χ0v) is 11.7. The second kappa shape index (κ2) is 3.86. The Bertz CT molecular complexity index is 542. The van der Waals surface area contributed by atoms with Crippen molar-refractivity contribution in [3.63, 3.8) is 0 Å². The number of aryl methyl sites for hydroxylation is 1. The van der Waals surface area contributed by atoms with Gasteiger partial charge in [-0.2, -0.15) is 0 Å². The summed E-state index contributed by atoms with van der Waals surface area (Å²) in [6.07, 6.45) is 2.14. The van der Waals surface area contributed by atoms with E-state index in [4.69, 9.17) is 4.98 Å². The standard InChI is InChI=1S/C15H22N2/c1-10(2)14-11(3)17-8-7-12(15(4,5)6)9-13(17)16-14/h7-10H,1-6H3. The average molecular weight is 230 g/mol. The van der Waals surface area contributed by atoms with E-state index >= 15 is 0 Å². The molecule has 0 radical (unpaired) electrons. The van der Waals surface area contributed by atoms with Gasteiger partial charge in [-0.05, 0) is 36.0 Å². The molecule has 0 aliphatic rings. The first-order chi connectivity index (χ1) is 7.80. The maximum absolute atomic E-state index is 4.75. The predicted octanol–water partition coefficient (Wildman–Crippen LogP) is 4.06. The van der Waals surface area contributed by atoms with Gasteiger partial charge in [0.1, 0.15) is 5.65 Å². The SMILES string of the molecule is Cc1c(C(C)C)nc2cc(C(C)(C)C)ccn12. The number of aromatic nitrogens is 2. The van der Waals surface area contributed by atoms with Crippen LogP contribution in [0.2, 0.25) is 0 Å². The van der Waals surface area contributed by atoms with Gasteiger partial charge < -0.3 is 4.40 Å². The molecule has 0 saturated heterocycles. The molecule has 0 saturated carbocycles. The quantitative estimate of drug-likeness (QED) is 0.722. The van der Waals surface area contributed by atoms with Crippen molar-refractivity contribution in [3.8, 4) is 0 Å². The highest BCUT2D eigenvalue weighted by molar-refractivity contribution is 5.47. The van der Waals surface area contributed by atoms with Crippen molar-refractivity contribution in [1.82, 2.24) is 9.38 Å². The van der Waals surface area contributed by atoms with Crippen molar-refractivity contribution in [2.24, 2.45) is 0 Å². The maximum Gasteiger partial charge on any atom is 0.137 e. The number of rotatable bonds is 1. The number of hydrogen-bond donors (Lipinski definition) is 0. The Balaban J connectivity index is 2.64. The number of fused-ring (bicyclic) bond motifs is 1. The van der Waals surface area contributed by atoms with E-state index in [9.17, 15) is 0 Å². The fraction of sp³-hybridized carbons (Fsp3) is 0.533. The zero-order chi connectivity index (χ0) is 12.8. The van der Waals surface area contributed by atoms with E-state index in [1.54, 1.807) is 0 Å². The van der Waals surface area contributed by atoms with Crippen LogP contribution in [0.15, 0.2) is 18.3 Å². The van der Waals surface area contributed by atoms with Crippen LogP contribution in [0, 0.1) is 6.92 Å².